The molecule has 0 amide bonds. The van der Waals surface area contributed by atoms with Gasteiger partial charge in [0.05, 0.1) is 5.56 Å². The van der Waals surface area contributed by atoms with Crippen molar-refractivity contribution in [2.45, 2.75) is 29.6 Å². The van der Waals surface area contributed by atoms with Gasteiger partial charge in [-0.1, -0.05) is 53.7 Å². The first-order chi connectivity index (χ1) is 9.10. The van der Waals surface area contributed by atoms with Crippen molar-refractivity contribution in [3.63, 3.8) is 0 Å². The molecule has 0 N–H and O–H groups in total. The van der Waals surface area contributed by atoms with E-state index in [-0.39, 0.29) is 0 Å². The lowest BCUT2D eigenvalue weighted by Gasteiger charge is -2.08. The first-order valence-electron chi connectivity index (χ1n) is 6.07. The molecule has 2 aromatic carbocycles. The fourth-order valence-corrected chi connectivity index (χ4v) is 3.17. The van der Waals surface area contributed by atoms with E-state index in [2.05, 4.69) is 60.1 Å². The molecule has 0 aliphatic rings. The number of nitriles is 1. The summed E-state index contributed by atoms with van der Waals surface area (Å²) in [7, 11) is 0. The number of halogens is 1. The molecule has 0 fully saturated rings. The van der Waals surface area contributed by atoms with Crippen molar-refractivity contribution in [2.24, 2.45) is 0 Å². The molecular formula is C16H14BrNS. The van der Waals surface area contributed by atoms with Gasteiger partial charge in [0.2, 0.25) is 0 Å². The third-order valence-corrected chi connectivity index (χ3v) is 4.40. The molecule has 0 atom stereocenters. The lowest BCUT2D eigenvalue weighted by Crippen LogP contribution is -1.86. The molecule has 3 heteroatoms. The van der Waals surface area contributed by atoms with Gasteiger partial charge in [0, 0.05) is 14.3 Å². The summed E-state index contributed by atoms with van der Waals surface area (Å²) in [5.74, 6) is 0.541. The van der Waals surface area contributed by atoms with Crippen molar-refractivity contribution in [3.05, 3.63) is 58.1 Å². The maximum Gasteiger partial charge on any atom is 0.100 e. The van der Waals surface area contributed by atoms with Crippen LogP contribution in [0.15, 0.2) is 56.7 Å². The average molecular weight is 332 g/mol. The van der Waals surface area contributed by atoms with Crippen molar-refractivity contribution >= 4 is 27.7 Å². The molecule has 0 spiro atoms. The van der Waals surface area contributed by atoms with Gasteiger partial charge in [-0.2, -0.15) is 5.26 Å². The lowest BCUT2D eigenvalue weighted by molar-refractivity contribution is 0.865. The lowest BCUT2D eigenvalue weighted by atomic mass is 10.0. The number of nitrogens with zero attached hydrogens (tertiary/aromatic N) is 1. The van der Waals surface area contributed by atoms with Crippen LogP contribution < -0.4 is 0 Å². The molecular weight excluding hydrogens is 318 g/mol. The second-order valence-corrected chi connectivity index (χ2v) is 6.61. The first kappa shape index (κ1) is 14.2. The number of rotatable bonds is 3. The Morgan fingerprint density at radius 1 is 1.11 bits per heavy atom. The summed E-state index contributed by atoms with van der Waals surface area (Å²) in [5, 5.41) is 9.13. The van der Waals surface area contributed by atoms with Gasteiger partial charge < -0.3 is 0 Å². The summed E-state index contributed by atoms with van der Waals surface area (Å²) in [6.07, 6.45) is 0. The zero-order chi connectivity index (χ0) is 13.8. The third-order valence-electron chi connectivity index (χ3n) is 2.84. The molecule has 2 aromatic rings. The molecule has 0 aliphatic heterocycles. The monoisotopic (exact) mass is 331 g/mol. The smallest absolute Gasteiger partial charge is 0.100 e. The van der Waals surface area contributed by atoms with Crippen LogP contribution >= 0.6 is 27.7 Å². The van der Waals surface area contributed by atoms with Gasteiger partial charge in [-0.3, -0.25) is 0 Å². The normalized spacial score (nSPS) is 10.5. The van der Waals surface area contributed by atoms with Crippen LogP contribution in [0.25, 0.3) is 0 Å². The Morgan fingerprint density at radius 2 is 1.79 bits per heavy atom. The molecule has 0 saturated carbocycles. The molecule has 1 nitrogen and oxygen atoms in total. The standard InChI is InChI=1S/C16H14BrNS/c1-11(2)12-4-7-15(8-5-12)19-16-9-14(17)6-3-13(16)10-18/h3-9,11H,1-2H3. The van der Waals surface area contributed by atoms with Crippen LogP contribution in [0.5, 0.6) is 0 Å². The van der Waals surface area contributed by atoms with E-state index in [9.17, 15) is 0 Å². The van der Waals surface area contributed by atoms with Crippen molar-refractivity contribution < 1.29 is 0 Å². The summed E-state index contributed by atoms with van der Waals surface area (Å²) < 4.78 is 0.993. The number of benzene rings is 2. The second-order valence-electron chi connectivity index (χ2n) is 4.58. The van der Waals surface area contributed by atoms with E-state index in [1.165, 1.54) is 5.56 Å². The Hall–Kier alpha value is -1.24. The summed E-state index contributed by atoms with van der Waals surface area (Å²) in [5.41, 5.74) is 2.04. The largest absolute Gasteiger partial charge is 0.192 e. The Labute approximate surface area is 126 Å². The molecule has 19 heavy (non-hydrogen) atoms. The zero-order valence-corrected chi connectivity index (χ0v) is 13.3. The van der Waals surface area contributed by atoms with E-state index >= 15 is 0 Å². The van der Waals surface area contributed by atoms with Gasteiger partial charge in [-0.05, 0) is 41.8 Å². The number of hydrogen-bond acceptors (Lipinski definition) is 2. The van der Waals surface area contributed by atoms with Crippen LogP contribution in [-0.2, 0) is 0 Å². The SMILES string of the molecule is CC(C)c1ccc(Sc2cc(Br)ccc2C#N)cc1. The first-order valence-corrected chi connectivity index (χ1v) is 7.68. The van der Waals surface area contributed by atoms with Crippen LogP contribution in [0.1, 0.15) is 30.9 Å². The molecule has 0 saturated heterocycles. The van der Waals surface area contributed by atoms with E-state index in [1.807, 2.05) is 18.2 Å². The quantitative estimate of drug-likeness (QED) is 0.731. The molecule has 0 heterocycles. The van der Waals surface area contributed by atoms with Crippen molar-refractivity contribution in [1.82, 2.24) is 0 Å². The Morgan fingerprint density at radius 3 is 2.37 bits per heavy atom. The molecule has 0 radical (unpaired) electrons. The Bertz CT molecular complexity index is 612. The van der Waals surface area contributed by atoms with E-state index < -0.39 is 0 Å². The molecule has 0 unspecified atom stereocenters. The predicted octanol–water partition coefficient (Wildman–Crippen LogP) is 5.60. The van der Waals surface area contributed by atoms with E-state index in [1.54, 1.807) is 11.8 Å². The van der Waals surface area contributed by atoms with Gasteiger partial charge in [-0.25, -0.2) is 0 Å². The van der Waals surface area contributed by atoms with Gasteiger partial charge in [0.15, 0.2) is 0 Å². The fourth-order valence-electron chi connectivity index (χ4n) is 1.72. The van der Waals surface area contributed by atoms with Gasteiger partial charge >= 0.3 is 0 Å². The van der Waals surface area contributed by atoms with Crippen LogP contribution in [0.3, 0.4) is 0 Å². The molecule has 96 valence electrons. The Kier molecular flexibility index (Phi) is 4.68. The fraction of sp³-hybridized carbons (Fsp3) is 0.188. The van der Waals surface area contributed by atoms with Crippen LogP contribution in [0.2, 0.25) is 0 Å². The highest BCUT2D eigenvalue weighted by atomic mass is 79.9. The van der Waals surface area contributed by atoms with Crippen LogP contribution in [-0.4, -0.2) is 0 Å². The van der Waals surface area contributed by atoms with Crippen molar-refractivity contribution in [1.29, 1.82) is 5.26 Å². The summed E-state index contributed by atoms with van der Waals surface area (Å²) in [4.78, 5) is 2.13. The van der Waals surface area contributed by atoms with E-state index in [4.69, 9.17) is 5.26 Å². The second kappa shape index (κ2) is 6.27. The summed E-state index contributed by atoms with van der Waals surface area (Å²) in [6.45, 7) is 4.37. The third kappa shape index (κ3) is 3.62. The summed E-state index contributed by atoms with van der Waals surface area (Å²) >= 11 is 5.07. The predicted molar refractivity (Wildman–Crippen MR) is 83.5 cm³/mol. The van der Waals surface area contributed by atoms with Gasteiger partial charge in [0.25, 0.3) is 0 Å². The minimum atomic E-state index is 0.541. The van der Waals surface area contributed by atoms with E-state index in [0.29, 0.717) is 11.5 Å². The van der Waals surface area contributed by atoms with Crippen LogP contribution in [0, 0.1) is 11.3 Å². The minimum absolute atomic E-state index is 0.541. The molecule has 0 aromatic heterocycles. The van der Waals surface area contributed by atoms with Crippen LogP contribution in [0.4, 0.5) is 0 Å². The van der Waals surface area contributed by atoms with Gasteiger partial charge in [-0.15, -0.1) is 0 Å². The maximum absolute atomic E-state index is 9.13. The summed E-state index contributed by atoms with van der Waals surface area (Å²) in [6, 6.07) is 16.5. The maximum atomic E-state index is 9.13. The topological polar surface area (TPSA) is 23.8 Å². The number of hydrogen-bond donors (Lipinski definition) is 0. The van der Waals surface area contributed by atoms with Gasteiger partial charge in [0.1, 0.15) is 6.07 Å². The average Bonchev–Trinajstić information content (AvgIpc) is 2.39. The minimum Gasteiger partial charge on any atom is -0.192 e. The molecule has 0 bridgehead atoms. The zero-order valence-electron chi connectivity index (χ0n) is 10.9. The van der Waals surface area contributed by atoms with Crippen molar-refractivity contribution in [2.75, 3.05) is 0 Å². The Balaban J connectivity index is 2.26. The van der Waals surface area contributed by atoms with Crippen molar-refractivity contribution in [3.8, 4) is 6.07 Å². The highest BCUT2D eigenvalue weighted by molar-refractivity contribution is 9.10. The molecule has 2 rings (SSSR count). The molecule has 0 aliphatic carbocycles. The highest BCUT2D eigenvalue weighted by Crippen LogP contribution is 2.33. The van der Waals surface area contributed by atoms with E-state index in [0.717, 1.165) is 14.3 Å². The highest BCUT2D eigenvalue weighted by Gasteiger charge is 2.06.